The molecule has 3 aliphatic rings. The van der Waals surface area contributed by atoms with Crippen molar-refractivity contribution in [3.8, 4) is 0 Å². The molecule has 1 spiro atoms. The molecule has 180 valence electrons. The highest BCUT2D eigenvalue weighted by Gasteiger charge is 2.59. The van der Waals surface area contributed by atoms with Crippen LogP contribution in [0.5, 0.6) is 0 Å². The third-order valence-electron chi connectivity index (χ3n) is 8.39. The number of carbonyl (C=O) groups is 2. The van der Waals surface area contributed by atoms with Crippen molar-refractivity contribution in [3.05, 3.63) is 76.2 Å². The van der Waals surface area contributed by atoms with Crippen LogP contribution in [0.3, 0.4) is 0 Å². The van der Waals surface area contributed by atoms with E-state index in [1.54, 1.807) is 18.3 Å². The van der Waals surface area contributed by atoms with E-state index in [4.69, 9.17) is 0 Å². The molecule has 35 heavy (non-hydrogen) atoms. The van der Waals surface area contributed by atoms with Gasteiger partial charge in [-0.1, -0.05) is 24.3 Å². The highest BCUT2D eigenvalue weighted by atomic mass is 16.2. The van der Waals surface area contributed by atoms with Crippen molar-refractivity contribution in [3.63, 3.8) is 0 Å². The number of likely N-dealkylation sites (tertiary alicyclic amines) is 1. The van der Waals surface area contributed by atoms with Gasteiger partial charge in [0.25, 0.3) is 5.56 Å². The van der Waals surface area contributed by atoms with Crippen LogP contribution in [0.25, 0.3) is 10.8 Å². The van der Waals surface area contributed by atoms with E-state index < -0.39 is 0 Å². The summed E-state index contributed by atoms with van der Waals surface area (Å²) >= 11 is 0. The molecular weight excluding hydrogens is 440 g/mol. The number of carbonyl (C=O) groups excluding carboxylic acids is 2. The lowest BCUT2D eigenvalue weighted by Crippen LogP contribution is -2.52. The normalized spacial score (nSPS) is 23.2. The van der Waals surface area contributed by atoms with Crippen molar-refractivity contribution in [1.82, 2.24) is 14.8 Å². The molecule has 2 fully saturated rings. The standard InChI is InChI=1S/C28H30N4O3/c1-31-17-20-5-3-2-4-18(20)15-24(31)27(35)32-12-9-28(10-13-32)16-23(28)26(34)30-21-6-7-22-19(14-21)8-11-29-25(22)33/h2-8,11,14,23-24H,9-10,12-13,15-17H2,1H3,(H,29,33)(H,30,34). The van der Waals surface area contributed by atoms with Crippen LogP contribution in [-0.4, -0.2) is 52.8 Å². The van der Waals surface area contributed by atoms with Crippen LogP contribution >= 0.6 is 0 Å². The molecule has 2 N–H and O–H groups in total. The summed E-state index contributed by atoms with van der Waals surface area (Å²) < 4.78 is 0. The predicted octanol–water partition coefficient (Wildman–Crippen LogP) is 3.15. The average Bonchev–Trinajstić information content (AvgIpc) is 3.57. The Hall–Kier alpha value is -3.45. The van der Waals surface area contributed by atoms with Crippen molar-refractivity contribution in [1.29, 1.82) is 0 Å². The predicted molar refractivity (Wildman–Crippen MR) is 135 cm³/mol. The number of benzene rings is 2. The average molecular weight is 471 g/mol. The second-order valence-electron chi connectivity index (χ2n) is 10.4. The lowest BCUT2D eigenvalue weighted by molar-refractivity contribution is -0.138. The van der Waals surface area contributed by atoms with Gasteiger partial charge in [0.2, 0.25) is 11.8 Å². The number of fused-ring (bicyclic) bond motifs is 2. The molecule has 0 radical (unpaired) electrons. The van der Waals surface area contributed by atoms with Crippen molar-refractivity contribution in [2.45, 2.75) is 38.3 Å². The van der Waals surface area contributed by atoms with Gasteiger partial charge in [-0.05, 0) is 78.9 Å². The van der Waals surface area contributed by atoms with Gasteiger partial charge in [-0.3, -0.25) is 19.3 Å². The summed E-state index contributed by atoms with van der Waals surface area (Å²) in [5.74, 6) is 0.237. The maximum absolute atomic E-state index is 13.4. The fourth-order valence-corrected chi connectivity index (χ4v) is 6.08. The molecule has 2 unspecified atom stereocenters. The van der Waals surface area contributed by atoms with E-state index in [1.165, 1.54) is 11.1 Å². The number of aromatic nitrogens is 1. The van der Waals surface area contributed by atoms with E-state index >= 15 is 0 Å². The lowest BCUT2D eigenvalue weighted by Gasteiger charge is -2.39. The van der Waals surface area contributed by atoms with Gasteiger partial charge in [0.15, 0.2) is 0 Å². The summed E-state index contributed by atoms with van der Waals surface area (Å²) in [6.45, 7) is 2.23. The van der Waals surface area contributed by atoms with E-state index in [0.717, 1.165) is 37.6 Å². The summed E-state index contributed by atoms with van der Waals surface area (Å²) in [4.78, 5) is 45.1. The summed E-state index contributed by atoms with van der Waals surface area (Å²) in [5, 5.41) is 4.46. The van der Waals surface area contributed by atoms with Crippen LogP contribution < -0.4 is 10.9 Å². The monoisotopic (exact) mass is 470 g/mol. The van der Waals surface area contributed by atoms with Crippen molar-refractivity contribution < 1.29 is 9.59 Å². The SMILES string of the molecule is CN1Cc2ccccc2CC1C(=O)N1CCC2(CC1)CC2C(=O)Nc1ccc2c(=O)[nH]ccc2c1. The Balaban J connectivity index is 1.07. The molecule has 2 aliphatic heterocycles. The molecular formula is C28H30N4O3. The maximum Gasteiger partial charge on any atom is 0.255 e. The number of H-pyrrole nitrogens is 1. The molecule has 3 aromatic rings. The lowest BCUT2D eigenvalue weighted by atomic mass is 9.89. The number of anilines is 1. The van der Waals surface area contributed by atoms with Gasteiger partial charge in [-0.2, -0.15) is 0 Å². The highest BCUT2D eigenvalue weighted by molar-refractivity contribution is 5.97. The Bertz CT molecular complexity index is 1370. The van der Waals surface area contributed by atoms with E-state index in [2.05, 4.69) is 33.4 Å². The molecule has 1 aliphatic carbocycles. The molecule has 0 bridgehead atoms. The van der Waals surface area contributed by atoms with Gasteiger partial charge in [0.05, 0.1) is 6.04 Å². The number of pyridine rings is 1. The van der Waals surface area contributed by atoms with Crippen LogP contribution in [-0.2, 0) is 22.6 Å². The minimum Gasteiger partial charge on any atom is -0.341 e. The fourth-order valence-electron chi connectivity index (χ4n) is 6.08. The number of hydrogen-bond acceptors (Lipinski definition) is 4. The first-order valence-electron chi connectivity index (χ1n) is 12.4. The molecule has 1 saturated carbocycles. The number of rotatable bonds is 3. The Kier molecular flexibility index (Phi) is 5.25. The van der Waals surface area contributed by atoms with Crippen LogP contribution in [0.15, 0.2) is 59.5 Å². The first-order chi connectivity index (χ1) is 16.9. The van der Waals surface area contributed by atoms with E-state index in [-0.39, 0.29) is 34.7 Å². The Morgan fingerprint density at radius 3 is 2.63 bits per heavy atom. The zero-order valence-electron chi connectivity index (χ0n) is 19.9. The van der Waals surface area contributed by atoms with Crippen LogP contribution in [0, 0.1) is 11.3 Å². The van der Waals surface area contributed by atoms with Crippen LogP contribution in [0.1, 0.15) is 30.4 Å². The number of hydrogen-bond donors (Lipinski definition) is 2. The van der Waals surface area contributed by atoms with Crippen LogP contribution in [0.2, 0.25) is 0 Å². The summed E-state index contributed by atoms with van der Waals surface area (Å²) in [6.07, 6.45) is 5.00. The number of likely N-dealkylation sites (N-methyl/N-ethyl adjacent to an activating group) is 1. The number of piperidine rings is 1. The largest absolute Gasteiger partial charge is 0.341 e. The molecule has 2 amide bonds. The van der Waals surface area contributed by atoms with E-state index in [1.807, 2.05) is 30.1 Å². The molecule has 1 saturated heterocycles. The number of aromatic amines is 1. The number of amides is 2. The van der Waals surface area contributed by atoms with Gasteiger partial charge in [0.1, 0.15) is 0 Å². The third kappa shape index (κ3) is 3.93. The Morgan fingerprint density at radius 1 is 1.06 bits per heavy atom. The summed E-state index contributed by atoms with van der Waals surface area (Å²) in [5.41, 5.74) is 3.17. The molecule has 7 heteroatoms. The molecule has 2 atom stereocenters. The Labute approximate surface area is 204 Å². The second-order valence-corrected chi connectivity index (χ2v) is 10.4. The van der Waals surface area contributed by atoms with Gasteiger partial charge < -0.3 is 15.2 Å². The highest BCUT2D eigenvalue weighted by Crippen LogP contribution is 2.59. The van der Waals surface area contributed by atoms with Gasteiger partial charge in [-0.15, -0.1) is 0 Å². The van der Waals surface area contributed by atoms with Crippen LogP contribution in [0.4, 0.5) is 5.69 Å². The Morgan fingerprint density at radius 2 is 1.83 bits per heavy atom. The molecule has 2 aromatic carbocycles. The minimum atomic E-state index is -0.133. The van der Waals surface area contributed by atoms with Crippen molar-refractivity contribution >= 4 is 28.3 Å². The quantitative estimate of drug-likeness (QED) is 0.616. The van der Waals surface area contributed by atoms with Crippen molar-refractivity contribution in [2.24, 2.45) is 11.3 Å². The van der Waals surface area contributed by atoms with Gasteiger partial charge >= 0.3 is 0 Å². The third-order valence-corrected chi connectivity index (χ3v) is 8.39. The van der Waals surface area contributed by atoms with Crippen molar-refractivity contribution in [2.75, 3.05) is 25.5 Å². The second kappa shape index (κ2) is 8.34. The van der Waals surface area contributed by atoms with Gasteiger partial charge in [0, 0.05) is 42.8 Å². The summed E-state index contributed by atoms with van der Waals surface area (Å²) in [7, 11) is 2.04. The van der Waals surface area contributed by atoms with E-state index in [9.17, 15) is 14.4 Å². The fraction of sp³-hybridized carbons (Fsp3) is 0.393. The molecule has 3 heterocycles. The molecule has 6 rings (SSSR count). The zero-order valence-corrected chi connectivity index (χ0v) is 19.9. The summed E-state index contributed by atoms with van der Waals surface area (Å²) in [6, 6.07) is 15.5. The number of nitrogens with one attached hydrogen (secondary N) is 2. The maximum atomic E-state index is 13.4. The smallest absolute Gasteiger partial charge is 0.255 e. The molecule has 1 aromatic heterocycles. The zero-order chi connectivity index (χ0) is 24.2. The minimum absolute atomic E-state index is 0.0138. The molecule has 7 nitrogen and oxygen atoms in total. The first-order valence-corrected chi connectivity index (χ1v) is 12.4. The number of nitrogens with zero attached hydrogens (tertiary/aromatic N) is 2. The first kappa shape index (κ1) is 22.0. The van der Waals surface area contributed by atoms with E-state index in [0.29, 0.717) is 24.2 Å². The topological polar surface area (TPSA) is 85.5 Å². The van der Waals surface area contributed by atoms with Gasteiger partial charge in [-0.25, -0.2) is 0 Å².